The van der Waals surface area contributed by atoms with E-state index >= 15 is 4.39 Å². The van der Waals surface area contributed by atoms with Crippen LogP contribution in [0.2, 0.25) is 5.02 Å². The molecule has 0 spiro atoms. The fraction of sp³-hybridized carbons (Fsp3) is 0.433. The van der Waals surface area contributed by atoms with Crippen molar-refractivity contribution in [3.05, 3.63) is 40.0 Å². The first-order chi connectivity index (χ1) is 20.9. The Morgan fingerprint density at radius 1 is 1.18 bits per heavy atom. The molecule has 3 aliphatic rings. The summed E-state index contributed by atoms with van der Waals surface area (Å²) in [6, 6.07) is 8.23. The van der Waals surface area contributed by atoms with Crippen molar-refractivity contribution in [2.75, 3.05) is 51.0 Å². The Balaban J connectivity index is 0.000000330. The fourth-order valence-corrected chi connectivity index (χ4v) is 6.89. The molecule has 8 nitrogen and oxygen atoms in total. The minimum Gasteiger partial charge on any atom is -0.467 e. The van der Waals surface area contributed by atoms with Gasteiger partial charge in [-0.2, -0.15) is 28.4 Å². The third kappa shape index (κ3) is 6.78. The second-order valence-electron chi connectivity index (χ2n) is 11.1. The Hall–Kier alpha value is -3.44. The molecule has 0 amide bonds. The molecule has 14 heteroatoms. The molecule has 44 heavy (non-hydrogen) atoms. The van der Waals surface area contributed by atoms with Crippen LogP contribution in [0.5, 0.6) is 6.01 Å². The number of aromatic nitrogens is 2. The second kappa shape index (κ2) is 12.9. The standard InChI is InChI=1S/C24H20ClFN6OS.C4H9N.C2H3F3/c1-33-24-30-22-13(23(31-24)32-8-11-2-3-12(9-32)29-11)6-16(25)20(21(22)26)15-10-34-18-5-4-17(28)14(7-27)19(15)18;1-5-3-2-4-5;1-2(3,4)5/h4-6,10-12,29H,2-3,8-9,28H2,1H3;2-4H2,1H3;1H3. The highest BCUT2D eigenvalue weighted by Crippen LogP contribution is 2.45. The van der Waals surface area contributed by atoms with E-state index in [2.05, 4.69) is 38.2 Å². The van der Waals surface area contributed by atoms with E-state index in [1.165, 1.54) is 38.0 Å². The van der Waals surface area contributed by atoms with Crippen molar-refractivity contribution in [3.63, 3.8) is 0 Å². The normalized spacial score (nSPS) is 19.5. The minimum absolute atomic E-state index is 0.0951. The molecule has 3 saturated heterocycles. The number of ether oxygens (including phenoxy) is 1. The SMILES string of the molecule is CC(F)(F)F.CN1CCC1.COc1nc(N2CC3CCC(C2)N3)c2cc(Cl)c(-c3csc4ccc(N)c(C#N)c34)c(F)c2n1. The highest BCUT2D eigenvalue weighted by atomic mass is 35.5. The number of nitrogens with two attached hydrogens (primary N) is 1. The zero-order chi connectivity index (χ0) is 31.8. The number of likely N-dealkylation sites (tertiary alicyclic amines) is 1. The molecule has 0 radical (unpaired) electrons. The largest absolute Gasteiger partial charge is 0.467 e. The van der Waals surface area contributed by atoms with Crippen molar-refractivity contribution in [2.45, 2.75) is 44.4 Å². The van der Waals surface area contributed by atoms with E-state index in [0.717, 1.165) is 30.6 Å². The number of alkyl halides is 3. The Labute approximate surface area is 261 Å². The van der Waals surface area contributed by atoms with Gasteiger partial charge in [-0.15, -0.1) is 11.3 Å². The van der Waals surface area contributed by atoms with Gasteiger partial charge in [0.1, 0.15) is 17.4 Å². The number of halogens is 5. The molecule has 3 fully saturated rings. The summed E-state index contributed by atoms with van der Waals surface area (Å²) < 4.78 is 53.4. The minimum atomic E-state index is -4.00. The van der Waals surface area contributed by atoms with Gasteiger partial charge >= 0.3 is 12.2 Å². The van der Waals surface area contributed by atoms with Crippen LogP contribution in [-0.2, 0) is 0 Å². The number of piperazine rings is 1. The van der Waals surface area contributed by atoms with Gasteiger partial charge < -0.3 is 25.6 Å². The van der Waals surface area contributed by atoms with Crippen molar-refractivity contribution in [3.8, 4) is 23.2 Å². The molecule has 5 heterocycles. The Morgan fingerprint density at radius 2 is 1.82 bits per heavy atom. The molecule has 4 aromatic rings. The number of hydrogen-bond acceptors (Lipinski definition) is 9. The number of nitrogens with zero attached hydrogens (tertiary/aromatic N) is 5. The van der Waals surface area contributed by atoms with Crippen molar-refractivity contribution in [1.82, 2.24) is 20.2 Å². The van der Waals surface area contributed by atoms with Gasteiger partial charge in [0.2, 0.25) is 0 Å². The first kappa shape index (κ1) is 32.0. The summed E-state index contributed by atoms with van der Waals surface area (Å²) in [6.45, 7) is 4.37. The lowest BCUT2D eigenvalue weighted by Crippen LogP contribution is -2.51. The van der Waals surface area contributed by atoms with Gasteiger partial charge in [0.15, 0.2) is 5.82 Å². The molecule has 0 saturated carbocycles. The maximum atomic E-state index is 16.2. The summed E-state index contributed by atoms with van der Waals surface area (Å²) >= 11 is 8.13. The number of methoxy groups -OCH3 is 1. The van der Waals surface area contributed by atoms with Gasteiger partial charge in [-0.3, -0.25) is 0 Å². The van der Waals surface area contributed by atoms with Crippen molar-refractivity contribution in [2.24, 2.45) is 0 Å². The topological polar surface area (TPSA) is 103 Å². The third-order valence-electron chi connectivity index (χ3n) is 7.77. The Kier molecular flexibility index (Phi) is 9.36. The number of thiophene rings is 1. The van der Waals surface area contributed by atoms with E-state index in [4.69, 9.17) is 22.1 Å². The van der Waals surface area contributed by atoms with Gasteiger partial charge in [-0.1, -0.05) is 11.6 Å². The lowest BCUT2D eigenvalue weighted by atomic mass is 9.98. The zero-order valence-electron chi connectivity index (χ0n) is 24.4. The molecular weight excluding hydrogens is 618 g/mol. The number of nitrogen functional groups attached to an aromatic ring is 1. The molecule has 3 aliphatic heterocycles. The van der Waals surface area contributed by atoms with Crippen LogP contribution in [0.1, 0.15) is 31.7 Å². The molecule has 3 N–H and O–H groups in total. The number of benzene rings is 2. The molecular formula is C30H32ClF4N7OS. The van der Waals surface area contributed by atoms with E-state index < -0.39 is 12.0 Å². The van der Waals surface area contributed by atoms with E-state index in [9.17, 15) is 18.4 Å². The summed E-state index contributed by atoms with van der Waals surface area (Å²) in [5.74, 6) is 0.0401. The van der Waals surface area contributed by atoms with Crippen molar-refractivity contribution < 1.29 is 22.3 Å². The maximum Gasteiger partial charge on any atom is 0.386 e. The van der Waals surface area contributed by atoms with Gasteiger partial charge in [0, 0.05) is 64.1 Å². The maximum absolute atomic E-state index is 16.2. The molecule has 0 aliphatic carbocycles. The first-order valence-electron chi connectivity index (χ1n) is 14.1. The van der Waals surface area contributed by atoms with Crippen LogP contribution in [0.4, 0.5) is 29.1 Å². The predicted octanol–water partition coefficient (Wildman–Crippen LogP) is 6.60. The monoisotopic (exact) mass is 649 g/mol. The Morgan fingerprint density at radius 3 is 2.36 bits per heavy atom. The van der Waals surface area contributed by atoms with Gasteiger partial charge in [0.05, 0.1) is 23.4 Å². The van der Waals surface area contributed by atoms with Gasteiger partial charge in [-0.25, -0.2) is 4.39 Å². The molecule has 2 atom stereocenters. The van der Waals surface area contributed by atoms with Crippen LogP contribution in [0.3, 0.4) is 0 Å². The molecule has 7 rings (SSSR count). The highest BCUT2D eigenvalue weighted by molar-refractivity contribution is 7.17. The van der Waals surface area contributed by atoms with Crippen LogP contribution in [0.15, 0.2) is 23.6 Å². The molecule has 2 aromatic heterocycles. The molecule has 2 unspecified atom stereocenters. The van der Waals surface area contributed by atoms with E-state index in [1.807, 2.05) is 6.07 Å². The molecule has 2 bridgehead atoms. The van der Waals surface area contributed by atoms with Gasteiger partial charge in [0.25, 0.3) is 0 Å². The average molecular weight is 650 g/mol. The summed E-state index contributed by atoms with van der Waals surface area (Å²) in [7, 11) is 3.61. The van der Waals surface area contributed by atoms with Crippen molar-refractivity contribution in [1.29, 1.82) is 5.26 Å². The zero-order valence-corrected chi connectivity index (χ0v) is 26.0. The second-order valence-corrected chi connectivity index (χ2v) is 12.4. The first-order valence-corrected chi connectivity index (χ1v) is 15.3. The lowest BCUT2D eigenvalue weighted by molar-refractivity contribution is -0.110. The lowest BCUT2D eigenvalue weighted by Gasteiger charge is -2.34. The van der Waals surface area contributed by atoms with E-state index in [0.29, 0.717) is 45.5 Å². The third-order valence-corrected chi connectivity index (χ3v) is 9.02. The quantitative estimate of drug-likeness (QED) is 0.189. The number of rotatable bonds is 3. The van der Waals surface area contributed by atoms with E-state index in [-0.39, 0.29) is 29.0 Å². The summed E-state index contributed by atoms with van der Waals surface area (Å²) in [6.07, 6.45) is -0.372. The number of nitriles is 1. The summed E-state index contributed by atoms with van der Waals surface area (Å²) in [5.41, 5.74) is 7.54. The average Bonchev–Trinajstić information content (AvgIpc) is 3.53. The van der Waals surface area contributed by atoms with E-state index in [1.54, 1.807) is 17.5 Å². The number of hydrogen-bond donors (Lipinski definition) is 2. The van der Waals surface area contributed by atoms with Crippen LogP contribution in [0, 0.1) is 17.1 Å². The molecule has 234 valence electrons. The smallest absolute Gasteiger partial charge is 0.386 e. The van der Waals surface area contributed by atoms with Crippen molar-refractivity contribution >= 4 is 55.4 Å². The van der Waals surface area contributed by atoms with Crippen LogP contribution in [-0.4, -0.2) is 73.5 Å². The number of fused-ring (bicyclic) bond motifs is 4. The molecule has 2 aromatic carbocycles. The van der Waals surface area contributed by atoms with Gasteiger partial charge in [-0.05, 0) is 57.6 Å². The summed E-state index contributed by atoms with van der Waals surface area (Å²) in [4.78, 5) is 13.4. The highest BCUT2D eigenvalue weighted by Gasteiger charge is 2.34. The fourth-order valence-electron chi connectivity index (χ4n) is 5.63. The Bertz CT molecular complexity index is 1700. The number of nitrogens with one attached hydrogen (secondary N) is 1. The van der Waals surface area contributed by atoms with Crippen LogP contribution in [0.25, 0.3) is 32.1 Å². The van der Waals surface area contributed by atoms with Crippen LogP contribution >= 0.6 is 22.9 Å². The summed E-state index contributed by atoms with van der Waals surface area (Å²) in [5, 5.41) is 16.5. The predicted molar refractivity (Wildman–Crippen MR) is 167 cm³/mol. The number of anilines is 2. The van der Waals surface area contributed by atoms with Crippen LogP contribution < -0.4 is 20.7 Å².